The Morgan fingerprint density at radius 1 is 0.886 bits per heavy atom. The zero-order valence-corrected chi connectivity index (χ0v) is 19.2. The molecule has 5 rings (SSSR count). The molecule has 8 nitrogen and oxygen atoms in total. The van der Waals surface area contributed by atoms with Crippen LogP contribution in [-0.2, 0) is 24.2 Å². The number of aromatic nitrogens is 5. The van der Waals surface area contributed by atoms with E-state index in [0.29, 0.717) is 12.4 Å². The molecule has 5 aromatic rings. The number of carbonyl (C=O) groups is 1. The number of carbonyl (C=O) groups excluding carboxylic acids is 1. The van der Waals surface area contributed by atoms with E-state index in [1.807, 2.05) is 60.7 Å². The zero-order valence-electron chi connectivity index (χ0n) is 19.2. The van der Waals surface area contributed by atoms with Gasteiger partial charge in [-0.15, -0.1) is 5.10 Å². The summed E-state index contributed by atoms with van der Waals surface area (Å²) in [5.74, 6) is 0.711. The van der Waals surface area contributed by atoms with Crippen molar-refractivity contribution in [3.05, 3.63) is 102 Å². The first-order chi connectivity index (χ1) is 17.1. The maximum Gasteiger partial charge on any atom is 0.333 e. The fourth-order valence-electron chi connectivity index (χ4n) is 3.72. The Morgan fingerprint density at radius 2 is 1.71 bits per heavy atom. The fourth-order valence-corrected chi connectivity index (χ4v) is 3.72. The van der Waals surface area contributed by atoms with E-state index in [2.05, 4.69) is 44.7 Å². The average Bonchev–Trinajstić information content (AvgIpc) is 3.34. The molecular formula is C27H23N5O3. The summed E-state index contributed by atoms with van der Waals surface area (Å²) in [6.07, 6.45) is 1.76. The molecule has 0 aliphatic heterocycles. The van der Waals surface area contributed by atoms with Gasteiger partial charge in [0.1, 0.15) is 12.4 Å². The van der Waals surface area contributed by atoms with Gasteiger partial charge in [0.2, 0.25) is 5.82 Å². The number of tetrazole rings is 1. The molecule has 0 spiro atoms. The number of benzene rings is 3. The lowest BCUT2D eigenvalue weighted by Gasteiger charge is -2.09. The fraction of sp³-hybridized carbons (Fsp3) is 0.148. The molecule has 3 aromatic carbocycles. The van der Waals surface area contributed by atoms with Gasteiger partial charge in [-0.05, 0) is 53.4 Å². The highest BCUT2D eigenvalue weighted by Crippen LogP contribution is 2.19. The summed E-state index contributed by atoms with van der Waals surface area (Å²) >= 11 is 0. The summed E-state index contributed by atoms with van der Waals surface area (Å²) in [5, 5.41) is 12.8. The van der Waals surface area contributed by atoms with Crippen LogP contribution in [0.25, 0.3) is 22.3 Å². The van der Waals surface area contributed by atoms with E-state index < -0.39 is 5.97 Å². The molecule has 0 fully saturated rings. The molecule has 0 aliphatic rings. The van der Waals surface area contributed by atoms with Gasteiger partial charge in [-0.1, -0.05) is 65.8 Å². The summed E-state index contributed by atoms with van der Waals surface area (Å²) in [5.41, 5.74) is 5.05. The Labute approximate surface area is 202 Å². The lowest BCUT2D eigenvalue weighted by atomic mass is 10.0. The lowest BCUT2D eigenvalue weighted by molar-refractivity contribution is -0.145. The van der Waals surface area contributed by atoms with Gasteiger partial charge in [0.25, 0.3) is 0 Å². The van der Waals surface area contributed by atoms with Gasteiger partial charge in [0.05, 0.1) is 11.2 Å². The van der Waals surface area contributed by atoms with E-state index >= 15 is 0 Å². The second kappa shape index (κ2) is 10.1. The van der Waals surface area contributed by atoms with Crippen molar-refractivity contribution >= 4 is 16.9 Å². The molecule has 0 atom stereocenters. The molecule has 8 heteroatoms. The molecule has 0 saturated carbocycles. The van der Waals surface area contributed by atoms with Crippen LogP contribution in [0.15, 0.2) is 84.9 Å². The Morgan fingerprint density at radius 3 is 2.57 bits per heavy atom. The van der Waals surface area contributed by atoms with E-state index in [1.165, 1.54) is 18.1 Å². The predicted octanol–water partition coefficient (Wildman–Crippen LogP) is 4.23. The second-order valence-corrected chi connectivity index (χ2v) is 8.08. The SMILES string of the molecule is CC(=O)On1nnc(-c2ccc(CCc3cccc(OCc4ccc5ccccc5n4)c3)cc2)n1. The predicted molar refractivity (Wildman–Crippen MR) is 130 cm³/mol. The molecule has 0 saturated heterocycles. The van der Waals surface area contributed by atoms with Gasteiger partial charge in [0, 0.05) is 22.8 Å². The minimum atomic E-state index is -0.510. The standard InChI is InChI=1S/C27H23N5O3/c1-19(33)35-32-30-27(29-31-32)23-13-11-20(12-14-23)9-10-21-5-4-7-25(17-21)34-18-24-16-15-22-6-2-3-8-26(22)28-24/h2-8,11-17H,9-10,18H2,1H3. The van der Waals surface area contributed by atoms with Crippen molar-refractivity contribution in [3.8, 4) is 17.1 Å². The van der Waals surface area contributed by atoms with Gasteiger partial charge in [-0.25, -0.2) is 9.78 Å². The molecule has 2 aromatic heterocycles. The van der Waals surface area contributed by atoms with Gasteiger partial charge in [0.15, 0.2) is 0 Å². The molecule has 0 amide bonds. The van der Waals surface area contributed by atoms with Crippen molar-refractivity contribution in [1.82, 2.24) is 25.4 Å². The van der Waals surface area contributed by atoms with Crippen LogP contribution in [-0.4, -0.2) is 31.3 Å². The third kappa shape index (κ3) is 5.67. The number of nitrogens with zero attached hydrogens (tertiary/aromatic N) is 5. The van der Waals surface area contributed by atoms with E-state index in [4.69, 9.17) is 9.57 Å². The Balaban J connectivity index is 1.17. The topological polar surface area (TPSA) is 92.0 Å². The summed E-state index contributed by atoms with van der Waals surface area (Å²) in [6.45, 7) is 1.70. The van der Waals surface area contributed by atoms with Crippen molar-refractivity contribution in [2.24, 2.45) is 0 Å². The van der Waals surface area contributed by atoms with Crippen LogP contribution < -0.4 is 9.57 Å². The summed E-state index contributed by atoms with van der Waals surface area (Å²) < 4.78 is 6.01. The second-order valence-electron chi connectivity index (χ2n) is 8.08. The number of ether oxygens (including phenoxy) is 1. The normalized spacial score (nSPS) is 10.9. The highest BCUT2D eigenvalue weighted by atomic mass is 16.7. The molecule has 2 heterocycles. The lowest BCUT2D eigenvalue weighted by Crippen LogP contribution is -2.19. The van der Waals surface area contributed by atoms with Crippen molar-refractivity contribution in [3.63, 3.8) is 0 Å². The van der Waals surface area contributed by atoms with Crippen LogP contribution in [0.2, 0.25) is 0 Å². The molecule has 0 bridgehead atoms. The zero-order chi connectivity index (χ0) is 24.0. The van der Waals surface area contributed by atoms with Crippen molar-refractivity contribution in [2.75, 3.05) is 0 Å². The maximum absolute atomic E-state index is 11.0. The molecule has 0 radical (unpaired) electrons. The van der Waals surface area contributed by atoms with Gasteiger partial charge in [-0.2, -0.15) is 0 Å². The summed E-state index contributed by atoms with van der Waals surface area (Å²) in [4.78, 5) is 21.3. The van der Waals surface area contributed by atoms with Crippen LogP contribution in [0.5, 0.6) is 5.75 Å². The van der Waals surface area contributed by atoms with E-state index in [0.717, 1.165) is 45.7 Å². The Kier molecular flexibility index (Phi) is 6.43. The smallest absolute Gasteiger partial charge is 0.333 e. The minimum Gasteiger partial charge on any atom is -0.487 e. The Bertz CT molecular complexity index is 1460. The summed E-state index contributed by atoms with van der Waals surface area (Å²) in [7, 11) is 0. The van der Waals surface area contributed by atoms with Crippen molar-refractivity contribution in [1.29, 1.82) is 0 Å². The number of hydrogen-bond donors (Lipinski definition) is 0. The molecular weight excluding hydrogens is 442 g/mol. The van der Waals surface area contributed by atoms with Crippen molar-refractivity contribution < 1.29 is 14.4 Å². The third-order valence-corrected chi connectivity index (χ3v) is 5.46. The maximum atomic E-state index is 11.0. The number of fused-ring (bicyclic) bond motifs is 1. The van der Waals surface area contributed by atoms with Gasteiger partial charge < -0.3 is 9.57 Å². The molecule has 0 unspecified atom stereocenters. The van der Waals surface area contributed by atoms with Crippen LogP contribution in [0.1, 0.15) is 23.7 Å². The highest BCUT2D eigenvalue weighted by molar-refractivity contribution is 5.78. The van der Waals surface area contributed by atoms with Crippen LogP contribution in [0, 0.1) is 0 Å². The number of para-hydroxylation sites is 1. The summed E-state index contributed by atoms with van der Waals surface area (Å²) in [6, 6.07) is 28.2. The highest BCUT2D eigenvalue weighted by Gasteiger charge is 2.08. The van der Waals surface area contributed by atoms with Gasteiger partial charge in [-0.3, -0.25) is 0 Å². The largest absolute Gasteiger partial charge is 0.487 e. The van der Waals surface area contributed by atoms with Gasteiger partial charge >= 0.3 is 5.97 Å². The monoisotopic (exact) mass is 465 g/mol. The first kappa shape index (κ1) is 22.2. The Hall–Kier alpha value is -4.59. The number of aryl methyl sites for hydroxylation is 2. The number of rotatable bonds is 8. The quantitative estimate of drug-likeness (QED) is 0.317. The molecule has 174 valence electrons. The first-order valence-electron chi connectivity index (χ1n) is 11.3. The average molecular weight is 466 g/mol. The van der Waals surface area contributed by atoms with Crippen LogP contribution in [0.4, 0.5) is 0 Å². The molecule has 35 heavy (non-hydrogen) atoms. The van der Waals surface area contributed by atoms with Crippen molar-refractivity contribution in [2.45, 2.75) is 26.4 Å². The third-order valence-electron chi connectivity index (χ3n) is 5.46. The van der Waals surface area contributed by atoms with Crippen LogP contribution in [0.3, 0.4) is 0 Å². The van der Waals surface area contributed by atoms with E-state index in [1.54, 1.807) is 0 Å². The van der Waals surface area contributed by atoms with E-state index in [9.17, 15) is 4.79 Å². The van der Waals surface area contributed by atoms with E-state index in [-0.39, 0.29) is 0 Å². The molecule has 0 N–H and O–H groups in total. The molecule has 0 aliphatic carbocycles. The first-order valence-corrected chi connectivity index (χ1v) is 11.3. The minimum absolute atomic E-state index is 0.392. The number of pyridine rings is 1. The number of hydrogen-bond acceptors (Lipinski definition) is 7. The van der Waals surface area contributed by atoms with Crippen LogP contribution >= 0.6 is 0 Å².